The molecule has 68 valence electrons. The maximum absolute atomic E-state index is 5.70. The van der Waals surface area contributed by atoms with Crippen LogP contribution in [0.1, 0.15) is 27.7 Å². The number of likely N-dealkylation sites (N-methyl/N-ethyl adjacent to an activating group) is 1. The van der Waals surface area contributed by atoms with Gasteiger partial charge in [-0.2, -0.15) is 0 Å². The predicted molar refractivity (Wildman–Crippen MR) is 50.6 cm³/mol. The van der Waals surface area contributed by atoms with Crippen LogP contribution in [0.5, 0.6) is 0 Å². The first-order valence-electron chi connectivity index (χ1n) is 4.54. The van der Waals surface area contributed by atoms with E-state index < -0.39 is 0 Å². The fraction of sp³-hybridized carbons (Fsp3) is 1.00. The van der Waals surface area contributed by atoms with Crippen LogP contribution in [0.25, 0.3) is 0 Å². The second kappa shape index (κ2) is 5.56. The minimum Gasteiger partial charge on any atom is -0.327 e. The average Bonchev–Trinajstić information content (AvgIpc) is 1.84. The molecule has 0 fully saturated rings. The number of hydrogen-bond acceptors (Lipinski definition) is 2. The van der Waals surface area contributed by atoms with Crippen molar-refractivity contribution in [2.45, 2.75) is 33.7 Å². The lowest BCUT2D eigenvalue weighted by molar-refractivity contribution is 0.245. The van der Waals surface area contributed by atoms with E-state index in [1.54, 1.807) is 0 Å². The summed E-state index contributed by atoms with van der Waals surface area (Å²) in [6, 6.07) is 0.300. The monoisotopic (exact) mass is 158 g/mol. The summed E-state index contributed by atoms with van der Waals surface area (Å²) in [6.07, 6.45) is 0. The van der Waals surface area contributed by atoms with E-state index in [4.69, 9.17) is 5.73 Å². The lowest BCUT2D eigenvalue weighted by atomic mass is 10.2. The summed E-state index contributed by atoms with van der Waals surface area (Å²) >= 11 is 0. The van der Waals surface area contributed by atoms with Crippen molar-refractivity contribution in [1.82, 2.24) is 4.90 Å². The summed E-state index contributed by atoms with van der Waals surface area (Å²) in [7, 11) is 0. The Morgan fingerprint density at radius 2 is 1.73 bits per heavy atom. The average molecular weight is 158 g/mol. The summed E-state index contributed by atoms with van der Waals surface area (Å²) in [6.45, 7) is 12.0. The van der Waals surface area contributed by atoms with Crippen LogP contribution in [0.2, 0.25) is 0 Å². The molecule has 0 unspecified atom stereocenters. The Bertz CT molecular complexity index is 79.6. The van der Waals surface area contributed by atoms with Crippen LogP contribution in [0.4, 0.5) is 0 Å². The fourth-order valence-corrected chi connectivity index (χ4v) is 1.26. The molecule has 11 heavy (non-hydrogen) atoms. The van der Waals surface area contributed by atoms with Gasteiger partial charge >= 0.3 is 0 Å². The van der Waals surface area contributed by atoms with Crippen LogP contribution < -0.4 is 5.73 Å². The summed E-state index contributed by atoms with van der Waals surface area (Å²) < 4.78 is 0. The van der Waals surface area contributed by atoms with Crippen molar-refractivity contribution in [3.8, 4) is 0 Å². The summed E-state index contributed by atoms with van der Waals surface area (Å²) in [4.78, 5) is 2.40. The second-order valence-electron chi connectivity index (χ2n) is 3.72. The van der Waals surface area contributed by atoms with Crippen molar-refractivity contribution >= 4 is 0 Å². The number of rotatable bonds is 5. The molecule has 1 atom stereocenters. The second-order valence-corrected chi connectivity index (χ2v) is 3.72. The van der Waals surface area contributed by atoms with Gasteiger partial charge in [-0.25, -0.2) is 0 Å². The molecule has 0 aliphatic carbocycles. The first-order valence-corrected chi connectivity index (χ1v) is 4.54. The lowest BCUT2D eigenvalue weighted by Gasteiger charge is -2.24. The van der Waals surface area contributed by atoms with E-state index in [0.29, 0.717) is 6.04 Å². The Balaban J connectivity index is 3.58. The third-order valence-corrected chi connectivity index (χ3v) is 1.62. The normalized spacial score (nSPS) is 14.5. The molecule has 0 rings (SSSR count). The van der Waals surface area contributed by atoms with Crippen LogP contribution in [-0.2, 0) is 0 Å². The molecule has 0 amide bonds. The van der Waals surface area contributed by atoms with Gasteiger partial charge in [0, 0.05) is 19.1 Å². The van der Waals surface area contributed by atoms with E-state index >= 15 is 0 Å². The van der Waals surface area contributed by atoms with Gasteiger partial charge in [-0.15, -0.1) is 0 Å². The highest BCUT2D eigenvalue weighted by Crippen LogP contribution is 1.98. The van der Waals surface area contributed by atoms with Crippen molar-refractivity contribution < 1.29 is 0 Å². The van der Waals surface area contributed by atoms with Crippen LogP contribution in [0.15, 0.2) is 0 Å². The zero-order valence-corrected chi connectivity index (χ0v) is 8.30. The highest BCUT2D eigenvalue weighted by molar-refractivity contribution is 4.63. The first-order chi connectivity index (χ1) is 5.06. The van der Waals surface area contributed by atoms with Crippen molar-refractivity contribution in [3.05, 3.63) is 0 Å². The third-order valence-electron chi connectivity index (χ3n) is 1.62. The van der Waals surface area contributed by atoms with Crippen LogP contribution >= 0.6 is 0 Å². The molecule has 0 radical (unpaired) electrons. The molecular formula is C9H22N2. The van der Waals surface area contributed by atoms with E-state index in [2.05, 4.69) is 32.6 Å². The Kier molecular flexibility index (Phi) is 5.51. The first kappa shape index (κ1) is 10.9. The Morgan fingerprint density at radius 1 is 1.18 bits per heavy atom. The van der Waals surface area contributed by atoms with Crippen molar-refractivity contribution in [2.75, 3.05) is 19.6 Å². The topological polar surface area (TPSA) is 29.3 Å². The van der Waals surface area contributed by atoms with Gasteiger partial charge in [0.1, 0.15) is 0 Å². The van der Waals surface area contributed by atoms with Gasteiger partial charge in [-0.3, -0.25) is 0 Å². The lowest BCUT2D eigenvalue weighted by Crippen LogP contribution is -2.37. The van der Waals surface area contributed by atoms with Crippen molar-refractivity contribution in [3.63, 3.8) is 0 Å². The Labute approximate surface area is 70.8 Å². The SMILES string of the molecule is CCN(CC(C)C)C[C@H](C)N. The highest BCUT2D eigenvalue weighted by Gasteiger charge is 2.06. The minimum absolute atomic E-state index is 0.300. The Morgan fingerprint density at radius 3 is 2.00 bits per heavy atom. The van der Waals surface area contributed by atoms with E-state index in [9.17, 15) is 0 Å². The van der Waals surface area contributed by atoms with Crippen molar-refractivity contribution in [1.29, 1.82) is 0 Å². The van der Waals surface area contributed by atoms with E-state index in [1.807, 2.05) is 0 Å². The van der Waals surface area contributed by atoms with E-state index in [1.165, 1.54) is 0 Å². The molecule has 2 nitrogen and oxygen atoms in total. The van der Waals surface area contributed by atoms with E-state index in [-0.39, 0.29) is 0 Å². The highest BCUT2D eigenvalue weighted by atomic mass is 15.1. The molecular weight excluding hydrogens is 136 g/mol. The Hall–Kier alpha value is -0.0800. The van der Waals surface area contributed by atoms with Crippen LogP contribution in [0.3, 0.4) is 0 Å². The van der Waals surface area contributed by atoms with Gasteiger partial charge in [0.15, 0.2) is 0 Å². The largest absolute Gasteiger partial charge is 0.327 e. The molecule has 0 aromatic rings. The number of hydrogen-bond donors (Lipinski definition) is 1. The summed E-state index contributed by atoms with van der Waals surface area (Å²) in [5, 5.41) is 0. The molecule has 0 aliphatic heterocycles. The van der Waals surface area contributed by atoms with Crippen LogP contribution in [-0.4, -0.2) is 30.6 Å². The van der Waals surface area contributed by atoms with Crippen molar-refractivity contribution in [2.24, 2.45) is 11.7 Å². The fourth-order valence-electron chi connectivity index (χ4n) is 1.26. The molecule has 0 aliphatic rings. The molecule has 2 N–H and O–H groups in total. The van der Waals surface area contributed by atoms with Gasteiger partial charge in [-0.1, -0.05) is 20.8 Å². The zero-order valence-electron chi connectivity index (χ0n) is 8.30. The van der Waals surface area contributed by atoms with Gasteiger partial charge in [0.25, 0.3) is 0 Å². The summed E-state index contributed by atoms with van der Waals surface area (Å²) in [5.41, 5.74) is 5.70. The van der Waals surface area contributed by atoms with E-state index in [0.717, 1.165) is 25.6 Å². The predicted octanol–water partition coefficient (Wildman–Crippen LogP) is 1.31. The standard InChI is InChI=1S/C9H22N2/c1-5-11(6-8(2)3)7-9(4)10/h8-9H,5-7,10H2,1-4H3/t9-/m0/s1. The van der Waals surface area contributed by atoms with Gasteiger partial charge < -0.3 is 10.6 Å². The van der Waals surface area contributed by atoms with Gasteiger partial charge in [0.2, 0.25) is 0 Å². The molecule has 0 aromatic heterocycles. The molecule has 0 spiro atoms. The van der Waals surface area contributed by atoms with Crippen LogP contribution in [0, 0.1) is 5.92 Å². The maximum atomic E-state index is 5.70. The number of nitrogens with zero attached hydrogens (tertiary/aromatic N) is 1. The summed E-state index contributed by atoms with van der Waals surface area (Å²) in [5.74, 6) is 0.744. The number of nitrogens with two attached hydrogens (primary N) is 1. The molecule has 0 aromatic carbocycles. The van der Waals surface area contributed by atoms with Gasteiger partial charge in [0.05, 0.1) is 0 Å². The minimum atomic E-state index is 0.300. The molecule has 0 bridgehead atoms. The molecule has 0 heterocycles. The molecule has 2 heteroatoms. The smallest absolute Gasteiger partial charge is 0.0139 e. The quantitative estimate of drug-likeness (QED) is 0.653. The maximum Gasteiger partial charge on any atom is 0.0139 e. The molecule has 0 saturated carbocycles. The zero-order chi connectivity index (χ0) is 8.85. The third kappa shape index (κ3) is 6.32. The molecule has 0 saturated heterocycles. The van der Waals surface area contributed by atoms with Gasteiger partial charge in [-0.05, 0) is 19.4 Å².